The molecular weight excluding hydrogens is 276 g/mol. The summed E-state index contributed by atoms with van der Waals surface area (Å²) in [4.78, 5) is 0. The van der Waals surface area contributed by atoms with Crippen molar-refractivity contribution in [2.24, 2.45) is 0 Å². The molecule has 0 aromatic heterocycles. The van der Waals surface area contributed by atoms with Crippen LogP contribution in [-0.2, 0) is 14.2 Å². The zero-order chi connectivity index (χ0) is 15.8. The molecule has 0 aliphatic heterocycles. The van der Waals surface area contributed by atoms with E-state index in [0.29, 0.717) is 0 Å². The van der Waals surface area contributed by atoms with Gasteiger partial charge in [-0.3, -0.25) is 0 Å². The fraction of sp³-hybridized carbons (Fsp3) is 0.600. The summed E-state index contributed by atoms with van der Waals surface area (Å²) in [6.45, 7) is -0.521. The highest BCUT2D eigenvalue weighted by molar-refractivity contribution is 5.34. The summed E-state index contributed by atoms with van der Waals surface area (Å²) >= 11 is 0. The second-order valence-corrected chi connectivity index (χ2v) is 4.65. The molecular formula is C15H24O6. The molecule has 0 saturated carbocycles. The Kier molecular flexibility index (Phi) is 7.81. The number of rotatable bonds is 9. The average Bonchev–Trinajstić information content (AvgIpc) is 2.51. The smallest absolute Gasteiger partial charge is 0.105 e. The van der Waals surface area contributed by atoms with Crippen LogP contribution in [-0.4, -0.2) is 56.5 Å². The maximum Gasteiger partial charge on any atom is 0.105 e. The molecule has 1 aromatic rings. The number of benzene rings is 1. The summed E-state index contributed by atoms with van der Waals surface area (Å²) in [5.74, 6) is 0. The van der Waals surface area contributed by atoms with E-state index >= 15 is 0 Å². The van der Waals surface area contributed by atoms with E-state index in [4.69, 9.17) is 14.2 Å². The van der Waals surface area contributed by atoms with Gasteiger partial charge in [0.15, 0.2) is 0 Å². The highest BCUT2D eigenvalue weighted by Gasteiger charge is 2.19. The van der Waals surface area contributed by atoms with Crippen molar-refractivity contribution in [2.75, 3.05) is 41.2 Å². The minimum absolute atomic E-state index is 0.174. The maximum atomic E-state index is 9.38. The molecule has 21 heavy (non-hydrogen) atoms. The van der Waals surface area contributed by atoms with Gasteiger partial charge in [-0.15, -0.1) is 0 Å². The summed E-state index contributed by atoms with van der Waals surface area (Å²) < 4.78 is 15.7. The van der Waals surface area contributed by atoms with E-state index in [1.165, 1.54) is 21.3 Å². The zero-order valence-electron chi connectivity index (χ0n) is 12.7. The SMILES string of the molecule is COC(CO)c1cc(C(CO)OC)cc(C(CO)OC)c1. The Bertz CT molecular complexity index is 336. The normalized spacial score (nSPS) is 15.7. The van der Waals surface area contributed by atoms with Crippen LogP contribution in [0.1, 0.15) is 35.0 Å². The molecule has 0 aliphatic carbocycles. The molecule has 0 fully saturated rings. The monoisotopic (exact) mass is 300 g/mol. The van der Waals surface area contributed by atoms with E-state index in [0.717, 1.165) is 16.7 Å². The van der Waals surface area contributed by atoms with Crippen LogP contribution in [0.5, 0.6) is 0 Å². The highest BCUT2D eigenvalue weighted by atomic mass is 16.5. The average molecular weight is 300 g/mol. The minimum atomic E-state index is -0.490. The van der Waals surface area contributed by atoms with Gasteiger partial charge in [-0.25, -0.2) is 0 Å². The van der Waals surface area contributed by atoms with Crippen LogP contribution in [0.15, 0.2) is 18.2 Å². The van der Waals surface area contributed by atoms with Gasteiger partial charge in [0.1, 0.15) is 18.3 Å². The molecule has 0 amide bonds. The van der Waals surface area contributed by atoms with Crippen molar-refractivity contribution in [3.8, 4) is 0 Å². The van der Waals surface area contributed by atoms with Crippen LogP contribution in [0.2, 0.25) is 0 Å². The lowest BCUT2D eigenvalue weighted by molar-refractivity contribution is 0.0391. The summed E-state index contributed by atoms with van der Waals surface area (Å²) in [5.41, 5.74) is 2.20. The zero-order valence-corrected chi connectivity index (χ0v) is 12.7. The lowest BCUT2D eigenvalue weighted by atomic mass is 9.96. The van der Waals surface area contributed by atoms with Gasteiger partial charge < -0.3 is 29.5 Å². The molecule has 3 atom stereocenters. The molecule has 120 valence electrons. The van der Waals surface area contributed by atoms with Crippen molar-refractivity contribution in [1.29, 1.82) is 0 Å². The van der Waals surface area contributed by atoms with Crippen LogP contribution in [0.3, 0.4) is 0 Å². The van der Waals surface area contributed by atoms with Gasteiger partial charge >= 0.3 is 0 Å². The predicted octanol–water partition coefficient (Wildman–Crippen LogP) is 0.726. The highest BCUT2D eigenvalue weighted by Crippen LogP contribution is 2.28. The van der Waals surface area contributed by atoms with Crippen LogP contribution in [0.4, 0.5) is 0 Å². The Balaban J connectivity index is 3.30. The largest absolute Gasteiger partial charge is 0.393 e. The van der Waals surface area contributed by atoms with Gasteiger partial charge in [0.2, 0.25) is 0 Å². The number of ether oxygens (including phenoxy) is 3. The Morgan fingerprint density at radius 1 is 0.667 bits per heavy atom. The van der Waals surface area contributed by atoms with Gasteiger partial charge in [-0.05, 0) is 16.7 Å². The molecule has 0 aliphatic rings. The first-order valence-corrected chi connectivity index (χ1v) is 6.70. The lowest BCUT2D eigenvalue weighted by Gasteiger charge is -2.22. The number of methoxy groups -OCH3 is 3. The van der Waals surface area contributed by atoms with E-state index in [9.17, 15) is 15.3 Å². The van der Waals surface area contributed by atoms with Crippen molar-refractivity contribution in [3.05, 3.63) is 34.9 Å². The van der Waals surface area contributed by atoms with Crippen molar-refractivity contribution >= 4 is 0 Å². The molecule has 1 rings (SSSR count). The van der Waals surface area contributed by atoms with Gasteiger partial charge in [0.25, 0.3) is 0 Å². The minimum Gasteiger partial charge on any atom is -0.393 e. The van der Waals surface area contributed by atoms with Crippen LogP contribution in [0.25, 0.3) is 0 Å². The Morgan fingerprint density at radius 3 is 1.05 bits per heavy atom. The summed E-state index contributed by atoms with van der Waals surface area (Å²) in [6, 6.07) is 5.42. The first-order chi connectivity index (χ1) is 10.1. The summed E-state index contributed by atoms with van der Waals surface area (Å²) in [5, 5.41) is 28.1. The third-order valence-corrected chi connectivity index (χ3v) is 3.47. The number of hydrogen-bond donors (Lipinski definition) is 3. The topological polar surface area (TPSA) is 88.4 Å². The van der Waals surface area contributed by atoms with E-state index in [1.807, 2.05) is 18.2 Å². The molecule has 1 aromatic carbocycles. The van der Waals surface area contributed by atoms with Crippen molar-refractivity contribution in [1.82, 2.24) is 0 Å². The second-order valence-electron chi connectivity index (χ2n) is 4.65. The summed E-state index contributed by atoms with van der Waals surface area (Å²) in [6.07, 6.45) is -1.47. The van der Waals surface area contributed by atoms with Crippen LogP contribution in [0, 0.1) is 0 Å². The first-order valence-electron chi connectivity index (χ1n) is 6.70. The van der Waals surface area contributed by atoms with E-state index in [1.54, 1.807) is 0 Å². The van der Waals surface area contributed by atoms with Gasteiger partial charge in [-0.2, -0.15) is 0 Å². The van der Waals surface area contributed by atoms with E-state index in [2.05, 4.69) is 0 Å². The van der Waals surface area contributed by atoms with Crippen molar-refractivity contribution in [3.63, 3.8) is 0 Å². The second kappa shape index (κ2) is 9.09. The molecule has 0 radical (unpaired) electrons. The molecule has 0 saturated heterocycles. The van der Waals surface area contributed by atoms with E-state index in [-0.39, 0.29) is 19.8 Å². The quantitative estimate of drug-likeness (QED) is 0.623. The maximum absolute atomic E-state index is 9.38. The predicted molar refractivity (Wildman–Crippen MR) is 76.9 cm³/mol. The Labute approximate surface area is 124 Å². The van der Waals surface area contributed by atoms with Gasteiger partial charge in [-0.1, -0.05) is 18.2 Å². The lowest BCUT2D eigenvalue weighted by Crippen LogP contribution is -2.14. The van der Waals surface area contributed by atoms with Crippen molar-refractivity contribution < 1.29 is 29.5 Å². The van der Waals surface area contributed by atoms with Gasteiger partial charge in [0, 0.05) is 21.3 Å². The van der Waals surface area contributed by atoms with Crippen LogP contribution >= 0.6 is 0 Å². The molecule has 0 bridgehead atoms. The molecule has 0 spiro atoms. The third-order valence-electron chi connectivity index (χ3n) is 3.47. The number of hydrogen-bond acceptors (Lipinski definition) is 6. The molecule has 0 heterocycles. The summed E-state index contributed by atoms with van der Waals surface area (Å²) in [7, 11) is 4.52. The van der Waals surface area contributed by atoms with Gasteiger partial charge in [0.05, 0.1) is 19.8 Å². The Hall–Kier alpha value is -1.02. The third kappa shape index (κ3) is 4.47. The van der Waals surface area contributed by atoms with Crippen molar-refractivity contribution in [2.45, 2.75) is 18.3 Å². The molecule has 3 unspecified atom stereocenters. The standard InChI is InChI=1S/C15H24O6/c1-19-13(7-16)10-4-11(14(8-17)20-2)6-12(5-10)15(9-18)21-3/h4-6,13-18H,7-9H2,1-3H3. The molecule has 6 nitrogen and oxygen atoms in total. The fourth-order valence-corrected chi connectivity index (χ4v) is 2.21. The first kappa shape index (κ1) is 18.0. The number of aliphatic hydroxyl groups excluding tert-OH is 3. The van der Waals surface area contributed by atoms with E-state index < -0.39 is 18.3 Å². The van der Waals surface area contributed by atoms with Crippen LogP contribution < -0.4 is 0 Å². The number of aliphatic hydroxyl groups is 3. The molecule has 3 N–H and O–H groups in total. The Morgan fingerprint density at radius 2 is 0.905 bits per heavy atom. The fourth-order valence-electron chi connectivity index (χ4n) is 2.21. The molecule has 6 heteroatoms.